The molecule has 0 aliphatic heterocycles. The molecule has 17 heavy (non-hydrogen) atoms. The topological polar surface area (TPSA) is 59.4 Å². The van der Waals surface area contributed by atoms with Gasteiger partial charge in [-0.2, -0.15) is 0 Å². The Morgan fingerprint density at radius 3 is 3.06 bits per heavy atom. The minimum Gasteiger partial charge on any atom is -0.486 e. The van der Waals surface area contributed by atoms with E-state index in [0.29, 0.717) is 6.61 Å². The zero-order chi connectivity index (χ0) is 12.3. The van der Waals surface area contributed by atoms with Crippen LogP contribution in [0.15, 0.2) is 33.7 Å². The summed E-state index contributed by atoms with van der Waals surface area (Å²) in [5, 5.41) is 10.9. The maximum atomic E-state index is 10.9. The molecule has 0 bridgehead atoms. The molecule has 2 aromatic rings. The summed E-state index contributed by atoms with van der Waals surface area (Å²) in [6.45, 7) is 0.327. The summed E-state index contributed by atoms with van der Waals surface area (Å²) in [6, 6.07) is 3.35. The Bertz CT molecular complexity index is 541. The van der Waals surface area contributed by atoms with Crippen molar-refractivity contribution < 1.29 is 14.6 Å². The molecule has 2 heterocycles. The Morgan fingerprint density at radius 2 is 2.41 bits per heavy atom. The quantitative estimate of drug-likeness (QED) is 0.941. The normalized spacial score (nSPS) is 10.2. The molecular formula is C11H8BrNO3S. The van der Waals surface area contributed by atoms with Gasteiger partial charge in [0, 0.05) is 11.8 Å². The lowest BCUT2D eigenvalue weighted by atomic mass is 10.2. The van der Waals surface area contributed by atoms with E-state index >= 15 is 0 Å². The van der Waals surface area contributed by atoms with Gasteiger partial charge in [0.2, 0.25) is 0 Å². The van der Waals surface area contributed by atoms with Crippen LogP contribution in [0, 0.1) is 0 Å². The maximum Gasteiger partial charge on any atom is 0.339 e. The van der Waals surface area contributed by atoms with Crippen LogP contribution in [0.5, 0.6) is 5.75 Å². The summed E-state index contributed by atoms with van der Waals surface area (Å²) in [7, 11) is 0. The molecule has 0 radical (unpaired) electrons. The second-order valence-corrected chi connectivity index (χ2v) is 5.52. The van der Waals surface area contributed by atoms with Gasteiger partial charge in [-0.05, 0) is 33.4 Å². The van der Waals surface area contributed by atoms with Gasteiger partial charge in [0.15, 0.2) is 5.75 Å². The number of hydrogen-bond donors (Lipinski definition) is 1. The van der Waals surface area contributed by atoms with Gasteiger partial charge in [-0.15, -0.1) is 11.3 Å². The Morgan fingerprint density at radius 1 is 1.59 bits per heavy atom. The van der Waals surface area contributed by atoms with E-state index in [9.17, 15) is 4.79 Å². The molecule has 0 aliphatic rings. The highest BCUT2D eigenvalue weighted by Gasteiger charge is 2.11. The second kappa shape index (κ2) is 5.29. The molecule has 4 nitrogen and oxygen atoms in total. The number of carboxylic acids is 1. The van der Waals surface area contributed by atoms with E-state index in [1.54, 1.807) is 11.3 Å². The minimum absolute atomic E-state index is 0.120. The third-order valence-corrected chi connectivity index (χ3v) is 3.58. The summed E-state index contributed by atoms with van der Waals surface area (Å²) >= 11 is 4.91. The highest BCUT2D eigenvalue weighted by Crippen LogP contribution is 2.23. The summed E-state index contributed by atoms with van der Waals surface area (Å²) in [5.41, 5.74) is 1.11. The van der Waals surface area contributed by atoms with Crippen LogP contribution in [0.25, 0.3) is 0 Å². The van der Waals surface area contributed by atoms with Crippen molar-refractivity contribution in [2.75, 3.05) is 0 Å². The largest absolute Gasteiger partial charge is 0.486 e. The predicted molar refractivity (Wildman–Crippen MR) is 67.5 cm³/mol. The molecule has 0 fully saturated rings. The summed E-state index contributed by atoms with van der Waals surface area (Å²) < 4.78 is 6.45. The highest BCUT2D eigenvalue weighted by atomic mass is 79.9. The zero-order valence-electron chi connectivity index (χ0n) is 8.59. The number of aromatic carboxylic acids is 1. The number of ether oxygens (including phenoxy) is 1. The first-order valence-electron chi connectivity index (χ1n) is 4.70. The van der Waals surface area contributed by atoms with Crippen LogP contribution in [0.4, 0.5) is 0 Å². The first-order chi connectivity index (χ1) is 8.16. The molecule has 2 rings (SSSR count). The monoisotopic (exact) mass is 313 g/mol. The van der Waals surface area contributed by atoms with Crippen LogP contribution in [0.1, 0.15) is 15.9 Å². The van der Waals surface area contributed by atoms with Crippen LogP contribution in [0.2, 0.25) is 0 Å². The van der Waals surface area contributed by atoms with E-state index in [0.717, 1.165) is 9.35 Å². The van der Waals surface area contributed by atoms with E-state index in [2.05, 4.69) is 20.9 Å². The molecule has 0 atom stereocenters. The van der Waals surface area contributed by atoms with Crippen molar-refractivity contribution in [2.45, 2.75) is 6.61 Å². The standard InChI is InChI=1S/C11H8BrNO3S/c12-10-3-7(6-17-10)5-16-9-4-13-2-1-8(9)11(14)15/h1-4,6H,5H2,(H,14,15). The summed E-state index contributed by atoms with van der Waals surface area (Å²) in [5.74, 6) is -0.740. The lowest BCUT2D eigenvalue weighted by molar-refractivity contribution is 0.0691. The second-order valence-electron chi connectivity index (χ2n) is 3.22. The van der Waals surface area contributed by atoms with Gasteiger partial charge >= 0.3 is 5.97 Å². The average molecular weight is 314 g/mol. The van der Waals surface area contributed by atoms with E-state index in [1.807, 2.05) is 11.4 Å². The fourth-order valence-electron chi connectivity index (χ4n) is 1.25. The summed E-state index contributed by atoms with van der Waals surface area (Å²) in [4.78, 5) is 14.8. The van der Waals surface area contributed by atoms with Gasteiger partial charge < -0.3 is 9.84 Å². The van der Waals surface area contributed by atoms with Gasteiger partial charge in [0.05, 0.1) is 9.98 Å². The molecule has 0 saturated carbocycles. The van der Waals surface area contributed by atoms with Crippen LogP contribution in [0.3, 0.4) is 0 Å². The molecule has 1 N–H and O–H groups in total. The van der Waals surface area contributed by atoms with E-state index < -0.39 is 5.97 Å². The van der Waals surface area contributed by atoms with Crippen LogP contribution < -0.4 is 4.74 Å². The van der Waals surface area contributed by atoms with Gasteiger partial charge in [0.25, 0.3) is 0 Å². The first kappa shape index (κ1) is 12.1. The molecule has 0 spiro atoms. The molecule has 2 aromatic heterocycles. The maximum absolute atomic E-state index is 10.9. The van der Waals surface area contributed by atoms with E-state index in [1.165, 1.54) is 18.5 Å². The number of carbonyl (C=O) groups is 1. The Balaban J connectivity index is 2.11. The number of halogens is 1. The van der Waals surface area contributed by atoms with Gasteiger partial charge in [-0.3, -0.25) is 4.98 Å². The Hall–Kier alpha value is -1.40. The molecule has 0 amide bonds. The minimum atomic E-state index is -1.02. The number of thiophene rings is 1. The molecule has 0 aromatic carbocycles. The molecular weight excluding hydrogens is 306 g/mol. The first-order valence-corrected chi connectivity index (χ1v) is 6.37. The van der Waals surface area contributed by atoms with Crippen molar-refractivity contribution >= 4 is 33.2 Å². The number of rotatable bonds is 4. The fourth-order valence-corrected chi connectivity index (χ4v) is 2.45. The number of nitrogens with zero attached hydrogens (tertiary/aromatic N) is 1. The van der Waals surface area contributed by atoms with E-state index in [-0.39, 0.29) is 11.3 Å². The van der Waals surface area contributed by atoms with Crippen LogP contribution in [-0.4, -0.2) is 16.1 Å². The van der Waals surface area contributed by atoms with Crippen molar-refractivity contribution in [2.24, 2.45) is 0 Å². The van der Waals surface area contributed by atoms with Crippen molar-refractivity contribution in [3.05, 3.63) is 44.8 Å². The molecule has 0 unspecified atom stereocenters. The molecule has 6 heteroatoms. The van der Waals surface area contributed by atoms with Gasteiger partial charge in [0.1, 0.15) is 12.2 Å². The lowest BCUT2D eigenvalue weighted by Gasteiger charge is -2.06. The SMILES string of the molecule is O=C(O)c1ccncc1OCc1csc(Br)c1. The van der Waals surface area contributed by atoms with Crippen LogP contribution >= 0.6 is 27.3 Å². The Kier molecular flexibility index (Phi) is 3.75. The van der Waals surface area contributed by atoms with Gasteiger partial charge in [-0.1, -0.05) is 0 Å². The molecule has 0 aliphatic carbocycles. The third kappa shape index (κ3) is 3.04. The Labute approximate surface area is 110 Å². The van der Waals surface area contributed by atoms with Crippen molar-refractivity contribution in [3.8, 4) is 5.75 Å². The lowest BCUT2D eigenvalue weighted by Crippen LogP contribution is -2.03. The van der Waals surface area contributed by atoms with Gasteiger partial charge in [-0.25, -0.2) is 4.79 Å². The van der Waals surface area contributed by atoms with Crippen molar-refractivity contribution in [1.29, 1.82) is 0 Å². The number of hydrogen-bond acceptors (Lipinski definition) is 4. The highest BCUT2D eigenvalue weighted by molar-refractivity contribution is 9.11. The number of carboxylic acid groups (broad SMARTS) is 1. The smallest absolute Gasteiger partial charge is 0.339 e. The van der Waals surface area contributed by atoms with Crippen molar-refractivity contribution in [1.82, 2.24) is 4.98 Å². The zero-order valence-corrected chi connectivity index (χ0v) is 11.0. The number of pyridine rings is 1. The molecule has 0 saturated heterocycles. The van der Waals surface area contributed by atoms with Crippen molar-refractivity contribution in [3.63, 3.8) is 0 Å². The average Bonchev–Trinajstić information content (AvgIpc) is 2.73. The number of aromatic nitrogens is 1. The summed E-state index contributed by atoms with van der Waals surface area (Å²) in [6.07, 6.45) is 2.84. The molecule has 88 valence electrons. The predicted octanol–water partition coefficient (Wildman–Crippen LogP) is 3.18. The van der Waals surface area contributed by atoms with E-state index in [4.69, 9.17) is 9.84 Å². The third-order valence-electron chi connectivity index (χ3n) is 2.03. The van der Waals surface area contributed by atoms with Crippen LogP contribution in [-0.2, 0) is 6.61 Å². The fraction of sp³-hybridized carbons (Fsp3) is 0.0909.